The molecule has 0 saturated carbocycles. The quantitative estimate of drug-likeness (QED) is 0.167. The second-order valence-corrected chi connectivity index (χ2v) is 17.8. The summed E-state index contributed by atoms with van der Waals surface area (Å²) in [6.45, 7) is 0. The minimum atomic E-state index is 0.572. The van der Waals surface area contributed by atoms with Crippen molar-refractivity contribution in [2.45, 2.75) is 0 Å². The molecule has 0 spiro atoms. The van der Waals surface area contributed by atoms with Crippen LogP contribution in [0, 0.1) is 0 Å². The summed E-state index contributed by atoms with van der Waals surface area (Å²) in [6, 6.07) is 68.0. The molecule has 63 heavy (non-hydrogen) atoms. The maximum Gasteiger partial charge on any atom is 0.238 e. The van der Waals surface area contributed by atoms with Gasteiger partial charge in [0, 0.05) is 63.3 Å². The Hall–Kier alpha value is -7.91. The van der Waals surface area contributed by atoms with Gasteiger partial charge in [-0.15, -0.1) is 22.7 Å². The van der Waals surface area contributed by atoms with Crippen LogP contribution in [-0.2, 0) is 0 Å². The van der Waals surface area contributed by atoms with E-state index in [2.05, 4.69) is 174 Å². The van der Waals surface area contributed by atoms with Gasteiger partial charge in [-0.05, 0) is 59.7 Å². The topological polar surface area (TPSA) is 69.4 Å². The number of rotatable bonds is 6. The molecule has 5 heterocycles. The summed E-state index contributed by atoms with van der Waals surface area (Å²) < 4.78 is 6.85. The summed E-state index contributed by atoms with van der Waals surface area (Å²) in [5, 5.41) is 5.76. The first kappa shape index (κ1) is 35.8. The minimum Gasteiger partial charge on any atom is -0.278 e. The number of hydrogen-bond acceptors (Lipinski definition) is 7. The average Bonchev–Trinajstić information content (AvgIpc) is 4.03. The number of aromatic nitrogens is 6. The monoisotopic (exact) mass is 840 g/mol. The van der Waals surface area contributed by atoms with Crippen LogP contribution in [0.15, 0.2) is 194 Å². The zero-order valence-corrected chi connectivity index (χ0v) is 35.1. The predicted octanol–water partition coefficient (Wildman–Crippen LogP) is 14.8. The van der Waals surface area contributed by atoms with E-state index < -0.39 is 0 Å². The summed E-state index contributed by atoms with van der Waals surface area (Å²) in [4.78, 5) is 26.1. The molecule has 0 bridgehead atoms. The van der Waals surface area contributed by atoms with Gasteiger partial charge in [-0.3, -0.25) is 4.57 Å². The highest BCUT2D eigenvalue weighted by Crippen LogP contribution is 2.42. The Morgan fingerprint density at radius 3 is 1.71 bits per heavy atom. The SMILES string of the molecule is c1ccc(-c2ccc3c(c2)c2ccccc2n3-c2nc(-c3ccccc3)nc(-c3ccc4sc5cc(-c6nc(-c7ccccc7)c7sc8ccccc8c7n6)ccc5c4c3)n2)cc1. The summed E-state index contributed by atoms with van der Waals surface area (Å²) >= 11 is 3.53. The molecular formula is C55H32N6S2. The van der Waals surface area contributed by atoms with E-state index in [0.29, 0.717) is 17.6 Å². The van der Waals surface area contributed by atoms with Crippen LogP contribution in [0.25, 0.3) is 125 Å². The highest BCUT2D eigenvalue weighted by Gasteiger charge is 2.21. The fourth-order valence-corrected chi connectivity index (χ4v) is 11.2. The van der Waals surface area contributed by atoms with Gasteiger partial charge in [0.15, 0.2) is 17.5 Å². The molecule has 0 radical (unpaired) electrons. The first-order valence-corrected chi connectivity index (χ1v) is 22.5. The summed E-state index contributed by atoms with van der Waals surface area (Å²) in [7, 11) is 0. The van der Waals surface area contributed by atoms with Crippen molar-refractivity contribution in [3.05, 3.63) is 194 Å². The van der Waals surface area contributed by atoms with Crippen molar-refractivity contribution < 1.29 is 0 Å². The normalized spacial score (nSPS) is 11.8. The highest BCUT2D eigenvalue weighted by molar-refractivity contribution is 7.26. The van der Waals surface area contributed by atoms with Crippen LogP contribution in [0.5, 0.6) is 0 Å². The van der Waals surface area contributed by atoms with Gasteiger partial charge in [-0.2, -0.15) is 9.97 Å². The lowest BCUT2D eigenvalue weighted by Crippen LogP contribution is -2.06. The van der Waals surface area contributed by atoms with Crippen molar-refractivity contribution in [1.29, 1.82) is 0 Å². The van der Waals surface area contributed by atoms with E-state index in [9.17, 15) is 0 Å². The number of benzene rings is 8. The van der Waals surface area contributed by atoms with E-state index in [4.69, 9.17) is 24.9 Å². The molecule has 13 aromatic rings. The van der Waals surface area contributed by atoms with E-state index in [1.165, 1.54) is 25.0 Å². The van der Waals surface area contributed by atoms with Gasteiger partial charge >= 0.3 is 0 Å². The lowest BCUT2D eigenvalue weighted by molar-refractivity contribution is 0.954. The largest absolute Gasteiger partial charge is 0.278 e. The molecule has 0 aliphatic heterocycles. The number of para-hydroxylation sites is 1. The van der Waals surface area contributed by atoms with Crippen LogP contribution in [-0.4, -0.2) is 29.5 Å². The Balaban J connectivity index is 0.958. The van der Waals surface area contributed by atoms with Crippen LogP contribution in [0.3, 0.4) is 0 Å². The van der Waals surface area contributed by atoms with Gasteiger partial charge in [0.05, 0.1) is 26.9 Å². The number of nitrogens with zero attached hydrogens (tertiary/aromatic N) is 6. The van der Waals surface area contributed by atoms with Crippen LogP contribution in [0.2, 0.25) is 0 Å². The molecule has 6 nitrogen and oxygen atoms in total. The number of thiophene rings is 2. The zero-order valence-electron chi connectivity index (χ0n) is 33.5. The lowest BCUT2D eigenvalue weighted by atomic mass is 10.0. The van der Waals surface area contributed by atoms with Crippen molar-refractivity contribution in [1.82, 2.24) is 29.5 Å². The molecular weight excluding hydrogens is 809 g/mol. The molecule has 0 amide bonds. The van der Waals surface area contributed by atoms with Crippen LogP contribution < -0.4 is 0 Å². The third-order valence-corrected chi connectivity index (χ3v) is 14.2. The minimum absolute atomic E-state index is 0.572. The molecule has 0 aliphatic carbocycles. The van der Waals surface area contributed by atoms with Gasteiger partial charge < -0.3 is 0 Å². The maximum absolute atomic E-state index is 5.28. The van der Waals surface area contributed by atoms with E-state index in [1.54, 1.807) is 22.7 Å². The first-order valence-electron chi connectivity index (χ1n) is 20.8. The van der Waals surface area contributed by atoms with Gasteiger partial charge in [0.2, 0.25) is 5.95 Å². The molecule has 13 rings (SSSR count). The average molecular weight is 841 g/mol. The van der Waals surface area contributed by atoms with Gasteiger partial charge in [-0.1, -0.05) is 146 Å². The fraction of sp³-hybridized carbons (Fsp3) is 0. The van der Waals surface area contributed by atoms with Gasteiger partial charge in [-0.25, -0.2) is 15.0 Å². The van der Waals surface area contributed by atoms with E-state index in [0.717, 1.165) is 82.1 Å². The smallest absolute Gasteiger partial charge is 0.238 e. The van der Waals surface area contributed by atoms with Crippen molar-refractivity contribution in [2.75, 3.05) is 0 Å². The van der Waals surface area contributed by atoms with E-state index >= 15 is 0 Å². The molecule has 0 atom stereocenters. The van der Waals surface area contributed by atoms with E-state index in [-0.39, 0.29) is 0 Å². The maximum atomic E-state index is 5.28. The molecule has 294 valence electrons. The van der Waals surface area contributed by atoms with Crippen LogP contribution in [0.1, 0.15) is 0 Å². The number of hydrogen-bond donors (Lipinski definition) is 0. The molecule has 8 aromatic carbocycles. The molecule has 0 saturated heterocycles. The van der Waals surface area contributed by atoms with Crippen molar-refractivity contribution in [2.24, 2.45) is 0 Å². The second-order valence-electron chi connectivity index (χ2n) is 15.7. The van der Waals surface area contributed by atoms with Crippen molar-refractivity contribution in [3.8, 4) is 62.5 Å². The molecule has 0 aliphatic rings. The third kappa shape index (κ3) is 5.95. The Kier molecular flexibility index (Phi) is 8.15. The summed E-state index contributed by atoms with van der Waals surface area (Å²) in [6.07, 6.45) is 0. The van der Waals surface area contributed by atoms with E-state index in [1.807, 2.05) is 24.3 Å². The predicted molar refractivity (Wildman–Crippen MR) is 263 cm³/mol. The van der Waals surface area contributed by atoms with Crippen LogP contribution in [0.4, 0.5) is 0 Å². The first-order chi connectivity index (χ1) is 31.2. The zero-order chi connectivity index (χ0) is 41.4. The lowest BCUT2D eigenvalue weighted by Gasteiger charge is -2.11. The molecule has 5 aromatic heterocycles. The molecule has 0 fully saturated rings. The van der Waals surface area contributed by atoms with Crippen molar-refractivity contribution >= 4 is 85.0 Å². The molecule has 0 N–H and O–H groups in total. The van der Waals surface area contributed by atoms with Crippen LogP contribution >= 0.6 is 22.7 Å². The molecule has 8 heteroatoms. The van der Waals surface area contributed by atoms with Gasteiger partial charge in [0.1, 0.15) is 0 Å². The molecule has 0 unspecified atom stereocenters. The van der Waals surface area contributed by atoms with Gasteiger partial charge in [0.25, 0.3) is 0 Å². The highest BCUT2D eigenvalue weighted by atomic mass is 32.1. The Labute approximate surface area is 369 Å². The Bertz CT molecular complexity index is 3910. The number of fused-ring (bicyclic) bond motifs is 9. The Morgan fingerprint density at radius 2 is 0.905 bits per heavy atom. The third-order valence-electron chi connectivity index (χ3n) is 11.9. The summed E-state index contributed by atoms with van der Waals surface area (Å²) in [5.74, 6) is 2.52. The fourth-order valence-electron chi connectivity index (χ4n) is 8.88. The van der Waals surface area contributed by atoms with Crippen molar-refractivity contribution in [3.63, 3.8) is 0 Å². The second kappa shape index (κ2) is 14.3. The summed E-state index contributed by atoms with van der Waals surface area (Å²) in [5.41, 5.74) is 10.3. The standard InChI is InChI=1S/C55H32N6S2/c1-4-14-33(15-5-1)36-25-28-45-42(30-36)39-20-10-12-22-44(39)61(45)55-59-52(35-18-8-3-9-19-35)58-54(60-55)37-26-29-47-43(31-37)40-27-24-38(32-48(40)62-47)53-56-49(34-16-6-2-7-17-34)51-50(57-53)41-21-11-13-23-46(41)63-51/h1-32H. The Morgan fingerprint density at radius 1 is 0.317 bits per heavy atom.